The van der Waals surface area contributed by atoms with E-state index in [2.05, 4.69) is 4.98 Å². The quantitative estimate of drug-likeness (QED) is 0.613. The minimum atomic E-state index is -4.35. The van der Waals surface area contributed by atoms with Crippen LogP contribution < -0.4 is 0 Å². The number of rotatable bonds is 4. The van der Waals surface area contributed by atoms with E-state index >= 15 is 0 Å². The van der Waals surface area contributed by atoms with E-state index in [0.29, 0.717) is 0 Å². The lowest BCUT2D eigenvalue weighted by molar-refractivity contribution is 0.0978. The van der Waals surface area contributed by atoms with Crippen LogP contribution in [0.3, 0.4) is 0 Å². The summed E-state index contributed by atoms with van der Waals surface area (Å²) >= 11 is 0. The number of aromatic nitrogens is 1. The van der Waals surface area contributed by atoms with Crippen LogP contribution in [0, 0.1) is 0 Å². The van der Waals surface area contributed by atoms with Gasteiger partial charge in [0.05, 0.1) is 0 Å². The topological polar surface area (TPSA) is 84.3 Å². The van der Waals surface area contributed by atoms with Gasteiger partial charge in [-0.3, -0.25) is 14.3 Å². The Hall–Kier alpha value is -1.27. The number of Topliss-reactive ketones (excluding diaryl/α,β-unsaturated/α-hetero) is 1. The third kappa shape index (κ3) is 2.84. The highest BCUT2D eigenvalue weighted by atomic mass is 32.2. The smallest absolute Gasteiger partial charge is 0.275 e. The molecule has 0 aliphatic heterocycles. The molecule has 0 saturated carbocycles. The van der Waals surface area contributed by atoms with Crippen molar-refractivity contribution in [2.75, 3.05) is 0 Å². The second kappa shape index (κ2) is 4.50. The second-order valence-electron chi connectivity index (χ2n) is 2.99. The lowest BCUT2D eigenvalue weighted by Crippen LogP contribution is -2.29. The molecule has 0 radical (unpaired) electrons. The minimum absolute atomic E-state index is 0.0221. The van der Waals surface area contributed by atoms with Crippen LogP contribution >= 0.6 is 0 Å². The van der Waals surface area contributed by atoms with Crippen LogP contribution in [0.15, 0.2) is 24.4 Å². The molecule has 1 unspecified atom stereocenters. The van der Waals surface area contributed by atoms with Gasteiger partial charge in [-0.25, -0.2) is 0 Å². The summed E-state index contributed by atoms with van der Waals surface area (Å²) in [5.41, 5.74) is 0.0435. The molecule has 15 heavy (non-hydrogen) atoms. The van der Waals surface area contributed by atoms with Gasteiger partial charge in [0, 0.05) is 6.20 Å². The summed E-state index contributed by atoms with van der Waals surface area (Å²) in [6.07, 6.45) is 1.41. The third-order valence-electron chi connectivity index (χ3n) is 1.94. The van der Waals surface area contributed by atoms with Crippen molar-refractivity contribution in [3.05, 3.63) is 30.1 Å². The predicted octanol–water partition coefficient (Wildman–Crippen LogP) is 0.931. The Kier molecular flexibility index (Phi) is 3.54. The van der Waals surface area contributed by atoms with Gasteiger partial charge in [-0.2, -0.15) is 8.42 Å². The Morgan fingerprint density at radius 1 is 1.53 bits per heavy atom. The van der Waals surface area contributed by atoms with E-state index in [1.54, 1.807) is 12.1 Å². The van der Waals surface area contributed by atoms with Crippen molar-refractivity contribution < 1.29 is 17.8 Å². The van der Waals surface area contributed by atoms with Crippen molar-refractivity contribution >= 4 is 15.9 Å². The average Bonchev–Trinajstić information content (AvgIpc) is 2.18. The van der Waals surface area contributed by atoms with Gasteiger partial charge in [0.25, 0.3) is 10.1 Å². The maximum atomic E-state index is 11.6. The molecule has 0 amide bonds. The van der Waals surface area contributed by atoms with E-state index in [1.807, 2.05) is 0 Å². The first-order chi connectivity index (χ1) is 6.96. The molecule has 0 aromatic carbocycles. The summed E-state index contributed by atoms with van der Waals surface area (Å²) in [6.45, 7) is 1.51. The van der Waals surface area contributed by atoms with E-state index in [0.717, 1.165) is 0 Å². The number of ketones is 1. The zero-order valence-corrected chi connectivity index (χ0v) is 8.94. The Bertz CT molecular complexity index is 440. The van der Waals surface area contributed by atoms with Crippen LogP contribution in [0.25, 0.3) is 0 Å². The molecule has 0 fully saturated rings. The number of hydrogen-bond acceptors (Lipinski definition) is 4. The standard InChI is InChI=1S/C9H11NO4S/c1-2-8(15(12,13)14)9(11)7-5-3-4-6-10-7/h3-6,8H,2H2,1H3,(H,12,13,14). The highest BCUT2D eigenvalue weighted by Crippen LogP contribution is 2.10. The van der Waals surface area contributed by atoms with E-state index in [9.17, 15) is 13.2 Å². The van der Waals surface area contributed by atoms with Gasteiger partial charge >= 0.3 is 0 Å². The summed E-state index contributed by atoms with van der Waals surface area (Å²) in [5, 5.41) is -1.42. The van der Waals surface area contributed by atoms with Crippen LogP contribution in [0.4, 0.5) is 0 Å². The SMILES string of the molecule is CCC(C(=O)c1ccccn1)S(=O)(=O)O. The number of carbonyl (C=O) groups excluding carboxylic acids is 1. The molecule has 5 nitrogen and oxygen atoms in total. The van der Waals surface area contributed by atoms with Gasteiger partial charge < -0.3 is 0 Å². The largest absolute Gasteiger partial charge is 0.291 e. The lowest BCUT2D eigenvalue weighted by Gasteiger charge is -2.08. The van der Waals surface area contributed by atoms with Crippen LogP contribution in [-0.2, 0) is 10.1 Å². The average molecular weight is 229 g/mol. The van der Waals surface area contributed by atoms with Crippen molar-refractivity contribution in [1.29, 1.82) is 0 Å². The molecule has 1 aromatic rings. The zero-order valence-electron chi connectivity index (χ0n) is 8.12. The van der Waals surface area contributed by atoms with E-state index in [1.165, 1.54) is 19.2 Å². The summed E-state index contributed by atoms with van der Waals surface area (Å²) in [6, 6.07) is 4.61. The zero-order chi connectivity index (χ0) is 11.5. The second-order valence-corrected chi connectivity index (χ2v) is 4.59. The van der Waals surface area contributed by atoms with E-state index < -0.39 is 21.2 Å². The lowest BCUT2D eigenvalue weighted by atomic mass is 10.1. The summed E-state index contributed by atoms with van der Waals surface area (Å²) in [5.74, 6) is -0.680. The molecule has 82 valence electrons. The fourth-order valence-electron chi connectivity index (χ4n) is 1.20. The maximum Gasteiger partial charge on any atom is 0.275 e. The molecular formula is C9H11NO4S. The molecule has 0 aliphatic rings. The monoisotopic (exact) mass is 229 g/mol. The fourth-order valence-corrected chi connectivity index (χ4v) is 2.02. The van der Waals surface area contributed by atoms with Crippen molar-refractivity contribution in [3.8, 4) is 0 Å². The minimum Gasteiger partial charge on any atom is -0.291 e. The van der Waals surface area contributed by atoms with Crippen molar-refractivity contribution in [2.45, 2.75) is 18.6 Å². The Balaban J connectivity index is 3.04. The maximum absolute atomic E-state index is 11.6. The van der Waals surface area contributed by atoms with Gasteiger partial charge in [0.15, 0.2) is 5.25 Å². The molecule has 1 N–H and O–H groups in total. The van der Waals surface area contributed by atoms with E-state index in [4.69, 9.17) is 4.55 Å². The molecule has 0 aliphatic carbocycles. The molecular weight excluding hydrogens is 218 g/mol. The van der Waals surface area contributed by atoms with Crippen LogP contribution in [-0.4, -0.2) is 29.0 Å². The Morgan fingerprint density at radius 3 is 2.60 bits per heavy atom. The van der Waals surface area contributed by atoms with Crippen molar-refractivity contribution in [2.24, 2.45) is 0 Å². The van der Waals surface area contributed by atoms with Gasteiger partial charge in [0.2, 0.25) is 5.78 Å². The normalized spacial score (nSPS) is 13.5. The molecule has 0 spiro atoms. The highest BCUT2D eigenvalue weighted by molar-refractivity contribution is 7.87. The first kappa shape index (κ1) is 11.8. The van der Waals surface area contributed by atoms with Crippen LogP contribution in [0.1, 0.15) is 23.8 Å². The number of pyridine rings is 1. The van der Waals surface area contributed by atoms with E-state index in [-0.39, 0.29) is 12.1 Å². The third-order valence-corrected chi connectivity index (χ3v) is 3.21. The molecule has 1 aromatic heterocycles. The van der Waals surface area contributed by atoms with Crippen LogP contribution in [0.2, 0.25) is 0 Å². The number of hydrogen-bond donors (Lipinski definition) is 1. The fraction of sp³-hybridized carbons (Fsp3) is 0.333. The predicted molar refractivity (Wildman–Crippen MR) is 54.2 cm³/mol. The summed E-state index contributed by atoms with van der Waals surface area (Å²) < 4.78 is 30.6. The van der Waals surface area contributed by atoms with Gasteiger partial charge in [-0.1, -0.05) is 13.0 Å². The molecule has 1 heterocycles. The Labute approximate surface area is 87.9 Å². The summed E-state index contributed by atoms with van der Waals surface area (Å²) in [4.78, 5) is 15.4. The first-order valence-corrected chi connectivity index (χ1v) is 5.88. The Morgan fingerprint density at radius 2 is 2.20 bits per heavy atom. The van der Waals surface area contributed by atoms with Crippen molar-refractivity contribution in [1.82, 2.24) is 4.98 Å². The number of nitrogens with zero attached hydrogens (tertiary/aromatic N) is 1. The molecule has 6 heteroatoms. The van der Waals surface area contributed by atoms with Crippen molar-refractivity contribution in [3.63, 3.8) is 0 Å². The highest BCUT2D eigenvalue weighted by Gasteiger charge is 2.30. The molecule has 0 bridgehead atoms. The number of carbonyl (C=O) groups is 1. The first-order valence-electron chi connectivity index (χ1n) is 4.38. The summed E-state index contributed by atoms with van der Waals surface area (Å²) in [7, 11) is -4.35. The molecule has 1 atom stereocenters. The van der Waals surface area contributed by atoms with Crippen LogP contribution in [0.5, 0.6) is 0 Å². The van der Waals surface area contributed by atoms with Gasteiger partial charge in [0.1, 0.15) is 5.69 Å². The van der Waals surface area contributed by atoms with Gasteiger partial charge in [-0.05, 0) is 18.6 Å². The van der Waals surface area contributed by atoms with Gasteiger partial charge in [-0.15, -0.1) is 0 Å². The molecule has 0 saturated heterocycles. The molecule has 1 rings (SSSR count).